The number of rotatable bonds is 3. The Bertz CT molecular complexity index is 558. The fourth-order valence-corrected chi connectivity index (χ4v) is 2.82. The Balaban J connectivity index is 0.00000147. The van der Waals surface area contributed by atoms with Crippen LogP contribution in [0.15, 0.2) is 54.3 Å². The van der Waals surface area contributed by atoms with Crippen molar-refractivity contribution in [1.82, 2.24) is 0 Å². The highest BCUT2D eigenvalue weighted by atomic mass is 35.5. The molecule has 2 N–H and O–H groups in total. The number of allylic oxidation sites excluding steroid dienone is 5. The van der Waals surface area contributed by atoms with E-state index in [1.54, 1.807) is 0 Å². The average molecular weight is 289 g/mol. The minimum Gasteiger partial charge on any atom is -0.347 e. The number of halogens is 1. The van der Waals surface area contributed by atoms with E-state index in [-0.39, 0.29) is 12.4 Å². The fourth-order valence-electron chi connectivity index (χ4n) is 2.82. The summed E-state index contributed by atoms with van der Waals surface area (Å²) in [5.41, 5.74) is 11.2. The van der Waals surface area contributed by atoms with Crippen molar-refractivity contribution in [2.75, 3.05) is 18.0 Å². The molecule has 3 rings (SSSR count). The van der Waals surface area contributed by atoms with Gasteiger partial charge in [-0.2, -0.15) is 0 Å². The zero-order valence-corrected chi connectivity index (χ0v) is 12.4. The maximum atomic E-state index is 5.65. The van der Waals surface area contributed by atoms with Gasteiger partial charge in [0.05, 0.1) is 0 Å². The Morgan fingerprint density at radius 2 is 2.00 bits per heavy atom. The van der Waals surface area contributed by atoms with Gasteiger partial charge in [-0.15, -0.1) is 12.4 Å². The molecule has 2 nitrogen and oxygen atoms in total. The van der Waals surface area contributed by atoms with E-state index in [4.69, 9.17) is 5.73 Å². The van der Waals surface area contributed by atoms with Crippen LogP contribution in [-0.4, -0.2) is 13.1 Å². The summed E-state index contributed by atoms with van der Waals surface area (Å²) in [5.74, 6) is 0. The molecular weight excluding hydrogens is 268 g/mol. The molecule has 0 fully saturated rings. The van der Waals surface area contributed by atoms with Crippen molar-refractivity contribution >= 4 is 23.7 Å². The van der Waals surface area contributed by atoms with E-state index in [0.29, 0.717) is 0 Å². The van der Waals surface area contributed by atoms with Gasteiger partial charge in [0.25, 0.3) is 0 Å². The summed E-state index contributed by atoms with van der Waals surface area (Å²) in [5, 5.41) is 0. The first-order valence-electron chi connectivity index (χ1n) is 7.04. The standard InChI is InChI=1S/C17H20N2.ClH/c18-11-5-12-19-13-10-14-6-1-2-7-15(14)16-8-3-4-9-17(16)19;/h1,3-4,6,8-10,13H,2,5,7,11-12,18H2;1H. The monoisotopic (exact) mass is 288 g/mol. The van der Waals surface area contributed by atoms with Gasteiger partial charge in [-0.25, -0.2) is 0 Å². The van der Waals surface area contributed by atoms with Crippen LogP contribution in [0.3, 0.4) is 0 Å². The van der Waals surface area contributed by atoms with Crippen LogP contribution in [0.25, 0.3) is 5.57 Å². The van der Waals surface area contributed by atoms with Gasteiger partial charge < -0.3 is 10.6 Å². The van der Waals surface area contributed by atoms with Crippen LogP contribution in [0.2, 0.25) is 0 Å². The molecule has 0 bridgehead atoms. The van der Waals surface area contributed by atoms with Crippen molar-refractivity contribution in [1.29, 1.82) is 0 Å². The third kappa shape index (κ3) is 2.82. The quantitative estimate of drug-likeness (QED) is 0.914. The smallest absolute Gasteiger partial charge is 0.0482 e. The van der Waals surface area contributed by atoms with Crippen molar-refractivity contribution < 1.29 is 0 Å². The number of fused-ring (bicyclic) bond motifs is 2. The lowest BCUT2D eigenvalue weighted by Gasteiger charge is -2.23. The minimum atomic E-state index is 0. The zero-order chi connectivity index (χ0) is 13.1. The topological polar surface area (TPSA) is 29.3 Å². The molecule has 1 aromatic carbocycles. The first kappa shape index (κ1) is 14.9. The van der Waals surface area contributed by atoms with E-state index in [9.17, 15) is 0 Å². The molecule has 3 heteroatoms. The first-order chi connectivity index (χ1) is 9.40. The summed E-state index contributed by atoms with van der Waals surface area (Å²) in [7, 11) is 0. The van der Waals surface area contributed by atoms with Gasteiger partial charge in [-0.3, -0.25) is 0 Å². The average Bonchev–Trinajstić information content (AvgIpc) is 2.63. The molecule has 0 saturated carbocycles. The molecule has 1 aromatic rings. The van der Waals surface area contributed by atoms with E-state index >= 15 is 0 Å². The van der Waals surface area contributed by atoms with Gasteiger partial charge >= 0.3 is 0 Å². The molecule has 0 atom stereocenters. The molecule has 1 aliphatic heterocycles. The second-order valence-electron chi connectivity index (χ2n) is 5.04. The van der Waals surface area contributed by atoms with Crippen LogP contribution in [0, 0.1) is 0 Å². The number of benzene rings is 1. The van der Waals surface area contributed by atoms with E-state index in [0.717, 1.165) is 32.4 Å². The highest BCUT2D eigenvalue weighted by Crippen LogP contribution is 2.37. The zero-order valence-electron chi connectivity index (χ0n) is 11.6. The predicted octanol–water partition coefficient (Wildman–Crippen LogP) is 3.89. The highest BCUT2D eigenvalue weighted by molar-refractivity contribution is 5.85. The molecule has 0 radical (unpaired) electrons. The summed E-state index contributed by atoms with van der Waals surface area (Å²) in [6.45, 7) is 1.72. The third-order valence-electron chi connectivity index (χ3n) is 3.78. The van der Waals surface area contributed by atoms with E-state index in [1.807, 2.05) is 0 Å². The summed E-state index contributed by atoms with van der Waals surface area (Å²) in [6, 6.07) is 8.71. The van der Waals surface area contributed by atoms with Crippen LogP contribution in [-0.2, 0) is 0 Å². The third-order valence-corrected chi connectivity index (χ3v) is 3.78. The normalized spacial score (nSPS) is 16.4. The minimum absolute atomic E-state index is 0. The number of nitrogens with two attached hydrogens (primary N) is 1. The molecule has 1 heterocycles. The molecule has 0 saturated heterocycles. The summed E-state index contributed by atoms with van der Waals surface area (Å²) in [4.78, 5) is 2.33. The number of para-hydroxylation sites is 1. The lowest BCUT2D eigenvalue weighted by molar-refractivity contribution is 0.814. The maximum Gasteiger partial charge on any atom is 0.0482 e. The van der Waals surface area contributed by atoms with E-state index in [2.05, 4.69) is 53.6 Å². The Labute approximate surface area is 127 Å². The second-order valence-corrected chi connectivity index (χ2v) is 5.04. The van der Waals surface area contributed by atoms with Gasteiger partial charge in [0.1, 0.15) is 0 Å². The number of anilines is 1. The van der Waals surface area contributed by atoms with Gasteiger partial charge in [0.2, 0.25) is 0 Å². The summed E-state index contributed by atoms with van der Waals surface area (Å²) < 4.78 is 0. The van der Waals surface area contributed by atoms with Crippen LogP contribution in [0.4, 0.5) is 5.69 Å². The lowest BCUT2D eigenvalue weighted by Crippen LogP contribution is -2.20. The van der Waals surface area contributed by atoms with Gasteiger partial charge in [0.15, 0.2) is 0 Å². The molecule has 106 valence electrons. The maximum absolute atomic E-state index is 5.65. The lowest BCUT2D eigenvalue weighted by atomic mass is 9.91. The molecular formula is C17H21ClN2. The second kappa shape index (κ2) is 6.78. The van der Waals surface area contributed by atoms with E-state index in [1.165, 1.54) is 22.4 Å². The molecule has 1 aliphatic carbocycles. The number of hydrogen-bond acceptors (Lipinski definition) is 2. The number of nitrogens with zero attached hydrogens (tertiary/aromatic N) is 1. The van der Waals surface area contributed by atoms with Gasteiger partial charge in [-0.05, 0) is 49.1 Å². The SMILES string of the molecule is Cl.NCCCN1C=CC2=C(CCC=C2)c2ccccc21. The molecule has 0 spiro atoms. The van der Waals surface area contributed by atoms with Crippen molar-refractivity contribution in [2.24, 2.45) is 5.73 Å². The fraction of sp³-hybridized carbons (Fsp3) is 0.294. The summed E-state index contributed by atoms with van der Waals surface area (Å²) >= 11 is 0. The predicted molar refractivity (Wildman–Crippen MR) is 89.1 cm³/mol. The molecule has 0 unspecified atom stereocenters. The highest BCUT2D eigenvalue weighted by Gasteiger charge is 2.18. The Hall–Kier alpha value is -1.51. The largest absolute Gasteiger partial charge is 0.347 e. The molecule has 2 aliphatic rings. The van der Waals surface area contributed by atoms with Crippen LogP contribution < -0.4 is 10.6 Å². The van der Waals surface area contributed by atoms with Crippen LogP contribution >= 0.6 is 12.4 Å². The Morgan fingerprint density at radius 3 is 2.85 bits per heavy atom. The molecule has 0 aromatic heterocycles. The van der Waals surface area contributed by atoms with Crippen LogP contribution in [0.5, 0.6) is 0 Å². The Kier molecular flexibility index (Phi) is 5.05. The number of hydrogen-bond donors (Lipinski definition) is 1. The van der Waals surface area contributed by atoms with Crippen molar-refractivity contribution in [3.05, 3.63) is 59.8 Å². The van der Waals surface area contributed by atoms with Gasteiger partial charge in [-0.1, -0.05) is 30.4 Å². The molecule has 20 heavy (non-hydrogen) atoms. The van der Waals surface area contributed by atoms with Gasteiger partial charge in [0, 0.05) is 24.0 Å². The summed E-state index contributed by atoms with van der Waals surface area (Å²) in [6.07, 6.45) is 12.2. The molecule has 0 amide bonds. The van der Waals surface area contributed by atoms with Crippen molar-refractivity contribution in [2.45, 2.75) is 19.3 Å². The first-order valence-corrected chi connectivity index (χ1v) is 7.04. The van der Waals surface area contributed by atoms with Crippen molar-refractivity contribution in [3.8, 4) is 0 Å². The van der Waals surface area contributed by atoms with Crippen molar-refractivity contribution in [3.63, 3.8) is 0 Å². The van der Waals surface area contributed by atoms with E-state index < -0.39 is 0 Å². The van der Waals surface area contributed by atoms with Crippen LogP contribution in [0.1, 0.15) is 24.8 Å². The Morgan fingerprint density at radius 1 is 1.15 bits per heavy atom.